The van der Waals surface area contributed by atoms with Gasteiger partial charge in [0, 0.05) is 12.7 Å². The average molecular weight is 190 g/mol. The van der Waals surface area contributed by atoms with Crippen LogP contribution < -0.4 is 5.32 Å². The number of hydrogen-bond donors (Lipinski definition) is 1. The van der Waals surface area contributed by atoms with E-state index in [9.17, 15) is 0 Å². The zero-order valence-corrected chi connectivity index (χ0v) is 9.01. The quantitative estimate of drug-likeness (QED) is 0.792. The monoisotopic (exact) mass is 190 g/mol. The first-order valence-electron chi connectivity index (χ1n) is 5.43. The first-order valence-corrected chi connectivity index (χ1v) is 5.43. The maximum absolute atomic E-state index is 4.40. The van der Waals surface area contributed by atoms with Gasteiger partial charge in [-0.15, -0.1) is 0 Å². The molecule has 2 heteroatoms. The number of nitrogens with zero attached hydrogens (tertiary/aromatic N) is 1. The third kappa shape index (κ3) is 2.06. The number of anilines is 1. The molecule has 1 heterocycles. The van der Waals surface area contributed by atoms with E-state index >= 15 is 0 Å². The Bertz CT molecular complexity index is 316. The molecule has 0 aliphatic heterocycles. The standard InChI is InChI=1S/C12H18N2/c1-9-6-10(2)12(13-7-9)14-8-11-4-3-5-11/h6-7,11H,3-5,8H2,1-2H3,(H,13,14). The van der Waals surface area contributed by atoms with Crippen LogP contribution >= 0.6 is 0 Å². The summed E-state index contributed by atoms with van der Waals surface area (Å²) in [7, 11) is 0. The van der Waals surface area contributed by atoms with Crippen LogP contribution in [0.1, 0.15) is 30.4 Å². The molecule has 0 spiro atoms. The van der Waals surface area contributed by atoms with Crippen LogP contribution in [0, 0.1) is 19.8 Å². The summed E-state index contributed by atoms with van der Waals surface area (Å²) in [5.41, 5.74) is 2.49. The summed E-state index contributed by atoms with van der Waals surface area (Å²) in [6.45, 7) is 5.29. The first kappa shape index (κ1) is 9.50. The highest BCUT2D eigenvalue weighted by Gasteiger charge is 2.16. The third-order valence-electron chi connectivity index (χ3n) is 3.00. The van der Waals surface area contributed by atoms with Crippen LogP contribution in [-0.2, 0) is 0 Å². The largest absolute Gasteiger partial charge is 0.370 e. The maximum Gasteiger partial charge on any atom is 0.128 e. The Morgan fingerprint density at radius 3 is 2.79 bits per heavy atom. The second kappa shape index (κ2) is 3.99. The third-order valence-corrected chi connectivity index (χ3v) is 3.00. The lowest BCUT2D eigenvalue weighted by Gasteiger charge is -2.25. The predicted molar refractivity (Wildman–Crippen MR) is 59.5 cm³/mol. The van der Waals surface area contributed by atoms with Crippen LogP contribution in [0.5, 0.6) is 0 Å². The summed E-state index contributed by atoms with van der Waals surface area (Å²) in [5.74, 6) is 1.94. The molecule has 0 radical (unpaired) electrons. The molecule has 14 heavy (non-hydrogen) atoms. The molecule has 1 aromatic rings. The molecule has 1 N–H and O–H groups in total. The van der Waals surface area contributed by atoms with Crippen molar-refractivity contribution in [3.8, 4) is 0 Å². The van der Waals surface area contributed by atoms with E-state index in [1.165, 1.54) is 30.4 Å². The highest BCUT2D eigenvalue weighted by atomic mass is 15.0. The predicted octanol–water partition coefficient (Wildman–Crippen LogP) is 2.91. The molecule has 1 aliphatic carbocycles. The molecule has 0 bridgehead atoms. The van der Waals surface area contributed by atoms with E-state index in [1.54, 1.807) is 0 Å². The molecule has 0 unspecified atom stereocenters. The molecule has 2 rings (SSSR count). The number of aryl methyl sites for hydroxylation is 2. The van der Waals surface area contributed by atoms with Gasteiger partial charge in [-0.1, -0.05) is 12.5 Å². The highest BCUT2D eigenvalue weighted by Crippen LogP contribution is 2.26. The molecule has 1 fully saturated rings. The van der Waals surface area contributed by atoms with Crippen LogP contribution in [0.2, 0.25) is 0 Å². The van der Waals surface area contributed by atoms with Crippen molar-refractivity contribution in [1.82, 2.24) is 4.98 Å². The topological polar surface area (TPSA) is 24.9 Å². The summed E-state index contributed by atoms with van der Waals surface area (Å²) >= 11 is 0. The summed E-state index contributed by atoms with van der Waals surface area (Å²) < 4.78 is 0. The minimum Gasteiger partial charge on any atom is -0.370 e. The molecular weight excluding hydrogens is 172 g/mol. The van der Waals surface area contributed by atoms with Crippen molar-refractivity contribution in [1.29, 1.82) is 0 Å². The lowest BCUT2D eigenvalue weighted by molar-refractivity contribution is 0.333. The van der Waals surface area contributed by atoms with Gasteiger partial charge in [0.25, 0.3) is 0 Å². The van der Waals surface area contributed by atoms with Crippen molar-refractivity contribution in [2.45, 2.75) is 33.1 Å². The minimum absolute atomic E-state index is 0.887. The Hall–Kier alpha value is -1.05. The number of hydrogen-bond acceptors (Lipinski definition) is 2. The van der Waals surface area contributed by atoms with E-state index in [1.807, 2.05) is 6.20 Å². The SMILES string of the molecule is Cc1cnc(NCC2CCC2)c(C)c1. The fourth-order valence-electron chi connectivity index (χ4n) is 1.84. The van der Waals surface area contributed by atoms with Gasteiger partial charge in [-0.3, -0.25) is 0 Å². The summed E-state index contributed by atoms with van der Waals surface area (Å²) in [6.07, 6.45) is 6.11. The van der Waals surface area contributed by atoms with Crippen molar-refractivity contribution in [3.63, 3.8) is 0 Å². The number of pyridine rings is 1. The van der Waals surface area contributed by atoms with Crippen molar-refractivity contribution in [2.24, 2.45) is 5.92 Å². The first-order chi connectivity index (χ1) is 6.75. The van der Waals surface area contributed by atoms with Gasteiger partial charge in [0.1, 0.15) is 5.82 Å². The van der Waals surface area contributed by atoms with Crippen LogP contribution in [0.4, 0.5) is 5.82 Å². The van der Waals surface area contributed by atoms with Gasteiger partial charge in [0.15, 0.2) is 0 Å². The molecule has 0 amide bonds. The zero-order valence-electron chi connectivity index (χ0n) is 9.01. The Morgan fingerprint density at radius 2 is 2.21 bits per heavy atom. The second-order valence-corrected chi connectivity index (χ2v) is 4.36. The van der Waals surface area contributed by atoms with Gasteiger partial charge < -0.3 is 5.32 Å². The molecule has 1 aromatic heterocycles. The Labute approximate surface area is 85.7 Å². The Balaban J connectivity index is 1.94. The smallest absolute Gasteiger partial charge is 0.128 e. The minimum atomic E-state index is 0.887. The van der Waals surface area contributed by atoms with Gasteiger partial charge in [-0.05, 0) is 43.7 Å². The van der Waals surface area contributed by atoms with Crippen molar-refractivity contribution >= 4 is 5.82 Å². The van der Waals surface area contributed by atoms with E-state index in [2.05, 4.69) is 30.2 Å². The lowest BCUT2D eigenvalue weighted by Crippen LogP contribution is -2.21. The molecule has 2 nitrogen and oxygen atoms in total. The van der Waals surface area contributed by atoms with Crippen LogP contribution in [0.3, 0.4) is 0 Å². The van der Waals surface area contributed by atoms with Crippen molar-refractivity contribution < 1.29 is 0 Å². The number of aromatic nitrogens is 1. The van der Waals surface area contributed by atoms with Crippen LogP contribution in [0.15, 0.2) is 12.3 Å². The highest BCUT2D eigenvalue weighted by molar-refractivity contribution is 5.44. The van der Waals surface area contributed by atoms with Crippen LogP contribution in [-0.4, -0.2) is 11.5 Å². The van der Waals surface area contributed by atoms with Gasteiger partial charge in [0.05, 0.1) is 0 Å². The summed E-state index contributed by atoms with van der Waals surface area (Å²) in [5, 5.41) is 3.43. The zero-order chi connectivity index (χ0) is 9.97. The van der Waals surface area contributed by atoms with Crippen LogP contribution in [0.25, 0.3) is 0 Å². The van der Waals surface area contributed by atoms with E-state index in [4.69, 9.17) is 0 Å². The van der Waals surface area contributed by atoms with Gasteiger partial charge >= 0.3 is 0 Å². The average Bonchev–Trinajstić information content (AvgIpc) is 2.05. The molecule has 0 aromatic carbocycles. The summed E-state index contributed by atoms with van der Waals surface area (Å²) in [4.78, 5) is 4.40. The fraction of sp³-hybridized carbons (Fsp3) is 0.583. The van der Waals surface area contributed by atoms with E-state index in [0.29, 0.717) is 0 Å². The molecule has 1 aliphatic rings. The number of rotatable bonds is 3. The Kier molecular flexibility index (Phi) is 2.71. The van der Waals surface area contributed by atoms with Gasteiger partial charge in [-0.25, -0.2) is 4.98 Å². The molecule has 0 atom stereocenters. The maximum atomic E-state index is 4.40. The molecule has 76 valence electrons. The normalized spacial score (nSPS) is 16.4. The van der Waals surface area contributed by atoms with Gasteiger partial charge in [-0.2, -0.15) is 0 Å². The fourth-order valence-corrected chi connectivity index (χ4v) is 1.84. The second-order valence-electron chi connectivity index (χ2n) is 4.36. The lowest BCUT2D eigenvalue weighted by atomic mass is 9.85. The van der Waals surface area contributed by atoms with Crippen molar-refractivity contribution in [3.05, 3.63) is 23.4 Å². The number of nitrogens with one attached hydrogen (secondary N) is 1. The van der Waals surface area contributed by atoms with E-state index in [-0.39, 0.29) is 0 Å². The summed E-state index contributed by atoms with van der Waals surface area (Å²) in [6, 6.07) is 2.18. The van der Waals surface area contributed by atoms with Crippen molar-refractivity contribution in [2.75, 3.05) is 11.9 Å². The van der Waals surface area contributed by atoms with E-state index in [0.717, 1.165) is 18.3 Å². The Morgan fingerprint density at radius 1 is 1.43 bits per heavy atom. The molecule has 1 saturated carbocycles. The molecular formula is C12H18N2. The van der Waals surface area contributed by atoms with E-state index < -0.39 is 0 Å². The van der Waals surface area contributed by atoms with Gasteiger partial charge in [0.2, 0.25) is 0 Å². The molecule has 0 saturated heterocycles.